The van der Waals surface area contributed by atoms with Gasteiger partial charge in [0.15, 0.2) is 0 Å². The Kier molecular flexibility index (Phi) is 6.39. The van der Waals surface area contributed by atoms with E-state index >= 15 is 0 Å². The number of ether oxygens (including phenoxy) is 1. The lowest BCUT2D eigenvalue weighted by Gasteiger charge is -2.11. The van der Waals surface area contributed by atoms with E-state index < -0.39 is 18.2 Å². The van der Waals surface area contributed by atoms with E-state index in [2.05, 4.69) is 10.0 Å². The molecule has 0 bridgehead atoms. The highest BCUT2D eigenvalue weighted by molar-refractivity contribution is 5.69. The second-order valence-electron chi connectivity index (χ2n) is 4.13. The van der Waals surface area contributed by atoms with Crippen molar-refractivity contribution < 1.29 is 13.9 Å². The molecule has 0 saturated heterocycles. The zero-order valence-corrected chi connectivity index (χ0v) is 10.7. The maximum atomic E-state index is 13.0. The number of azide groups is 1. The smallest absolute Gasteiger partial charge is 0.306 e. The van der Waals surface area contributed by atoms with Crippen LogP contribution in [0.15, 0.2) is 35.4 Å². The van der Waals surface area contributed by atoms with Crippen LogP contribution in [0.4, 0.5) is 4.39 Å². The quantitative estimate of drug-likeness (QED) is 0.327. The van der Waals surface area contributed by atoms with E-state index in [4.69, 9.17) is 10.3 Å². The van der Waals surface area contributed by atoms with Crippen LogP contribution < -0.4 is 0 Å². The fourth-order valence-electron chi connectivity index (χ4n) is 1.52. The lowest BCUT2D eigenvalue weighted by molar-refractivity contribution is -0.145. The highest BCUT2D eigenvalue weighted by Crippen LogP contribution is 2.12. The minimum atomic E-state index is -1.28. The first-order valence-electron chi connectivity index (χ1n) is 6.01. The SMILES string of the molecule is C[C@H](F)C(CCC(=O)OCc1ccccc1)N=[N+]=[N-]. The second-order valence-corrected chi connectivity index (χ2v) is 4.13. The molecule has 1 unspecified atom stereocenters. The summed E-state index contributed by atoms with van der Waals surface area (Å²) in [4.78, 5) is 14.0. The third-order valence-corrected chi connectivity index (χ3v) is 2.62. The van der Waals surface area contributed by atoms with Crippen molar-refractivity contribution >= 4 is 5.97 Å². The summed E-state index contributed by atoms with van der Waals surface area (Å²) in [5.74, 6) is -0.428. The van der Waals surface area contributed by atoms with Gasteiger partial charge in [-0.3, -0.25) is 4.79 Å². The van der Waals surface area contributed by atoms with Gasteiger partial charge in [-0.25, -0.2) is 4.39 Å². The molecule has 0 fully saturated rings. The number of carbonyl (C=O) groups excluding carboxylic acids is 1. The van der Waals surface area contributed by atoms with E-state index in [0.29, 0.717) is 0 Å². The first-order valence-corrected chi connectivity index (χ1v) is 6.01. The monoisotopic (exact) mass is 265 g/mol. The van der Waals surface area contributed by atoms with Crippen molar-refractivity contribution in [3.8, 4) is 0 Å². The molecule has 1 rings (SSSR count). The molecule has 0 aliphatic rings. The Morgan fingerprint density at radius 3 is 2.74 bits per heavy atom. The van der Waals surface area contributed by atoms with E-state index in [1.54, 1.807) is 0 Å². The number of hydrogen-bond donors (Lipinski definition) is 0. The summed E-state index contributed by atoms with van der Waals surface area (Å²) in [6.07, 6.45) is -1.10. The predicted octanol–water partition coefficient (Wildman–Crippen LogP) is 3.55. The average Bonchev–Trinajstić information content (AvgIpc) is 2.42. The van der Waals surface area contributed by atoms with E-state index in [0.717, 1.165) is 5.56 Å². The van der Waals surface area contributed by atoms with Gasteiger partial charge in [0.1, 0.15) is 12.8 Å². The molecule has 0 aliphatic carbocycles. The van der Waals surface area contributed by atoms with Gasteiger partial charge in [-0.2, -0.15) is 0 Å². The summed E-state index contributed by atoms with van der Waals surface area (Å²) in [6, 6.07) is 8.45. The Balaban J connectivity index is 2.33. The molecule has 102 valence electrons. The Morgan fingerprint density at radius 2 is 2.16 bits per heavy atom. The zero-order chi connectivity index (χ0) is 14.1. The largest absolute Gasteiger partial charge is 0.461 e. The van der Waals surface area contributed by atoms with Gasteiger partial charge in [-0.05, 0) is 24.4 Å². The number of halogens is 1. The Morgan fingerprint density at radius 1 is 1.47 bits per heavy atom. The molecule has 0 heterocycles. The Hall–Kier alpha value is -2.07. The van der Waals surface area contributed by atoms with Crippen LogP contribution in [0.1, 0.15) is 25.3 Å². The van der Waals surface area contributed by atoms with Crippen LogP contribution in [-0.2, 0) is 16.1 Å². The third kappa shape index (κ3) is 5.88. The van der Waals surface area contributed by atoms with Gasteiger partial charge in [-0.1, -0.05) is 35.4 Å². The maximum Gasteiger partial charge on any atom is 0.306 e. The minimum absolute atomic E-state index is 0.0325. The van der Waals surface area contributed by atoms with Crippen molar-refractivity contribution in [2.24, 2.45) is 5.11 Å². The second kappa shape index (κ2) is 8.11. The van der Waals surface area contributed by atoms with E-state index in [9.17, 15) is 9.18 Å². The highest BCUT2D eigenvalue weighted by atomic mass is 19.1. The summed E-state index contributed by atoms with van der Waals surface area (Å²) in [5.41, 5.74) is 9.17. The van der Waals surface area contributed by atoms with Crippen molar-refractivity contribution in [1.29, 1.82) is 0 Å². The molecule has 0 radical (unpaired) electrons. The molecule has 1 aromatic rings. The molecule has 6 heteroatoms. The van der Waals surface area contributed by atoms with E-state index in [1.165, 1.54) is 6.92 Å². The van der Waals surface area contributed by atoms with Crippen LogP contribution in [0.2, 0.25) is 0 Å². The molecule has 0 spiro atoms. The van der Waals surface area contributed by atoms with Crippen molar-refractivity contribution in [1.82, 2.24) is 0 Å². The number of esters is 1. The third-order valence-electron chi connectivity index (χ3n) is 2.62. The highest BCUT2D eigenvalue weighted by Gasteiger charge is 2.16. The van der Waals surface area contributed by atoms with Crippen LogP contribution in [-0.4, -0.2) is 18.2 Å². The van der Waals surface area contributed by atoms with Crippen LogP contribution in [0.3, 0.4) is 0 Å². The van der Waals surface area contributed by atoms with Crippen molar-refractivity contribution in [3.63, 3.8) is 0 Å². The molecule has 19 heavy (non-hydrogen) atoms. The van der Waals surface area contributed by atoms with Crippen molar-refractivity contribution in [2.75, 3.05) is 0 Å². The molecule has 2 atom stereocenters. The molecule has 5 nitrogen and oxygen atoms in total. The normalized spacial score (nSPS) is 13.2. The lowest BCUT2D eigenvalue weighted by atomic mass is 10.1. The number of benzene rings is 1. The first kappa shape index (κ1) is 15.0. The molecule has 0 amide bonds. The molecule has 0 aromatic heterocycles. The summed E-state index contributed by atoms with van der Waals surface area (Å²) >= 11 is 0. The minimum Gasteiger partial charge on any atom is -0.461 e. The number of rotatable bonds is 7. The Bertz CT molecular complexity index is 444. The van der Waals surface area contributed by atoms with Gasteiger partial charge in [0, 0.05) is 11.3 Å². The van der Waals surface area contributed by atoms with Gasteiger partial charge in [-0.15, -0.1) is 0 Å². The fourth-order valence-corrected chi connectivity index (χ4v) is 1.52. The number of alkyl halides is 1. The molecular weight excluding hydrogens is 249 g/mol. The summed E-state index contributed by atoms with van der Waals surface area (Å²) in [5, 5.41) is 3.31. The van der Waals surface area contributed by atoms with Crippen LogP contribution in [0, 0.1) is 0 Å². The van der Waals surface area contributed by atoms with Crippen LogP contribution >= 0.6 is 0 Å². The molecule has 1 aromatic carbocycles. The first-order chi connectivity index (χ1) is 9.13. The topological polar surface area (TPSA) is 75.1 Å². The fraction of sp³-hybridized carbons (Fsp3) is 0.462. The van der Waals surface area contributed by atoms with E-state index in [-0.39, 0.29) is 19.4 Å². The number of carbonyl (C=O) groups is 1. The summed E-state index contributed by atoms with van der Waals surface area (Å²) in [7, 11) is 0. The molecule has 0 N–H and O–H groups in total. The number of nitrogens with zero attached hydrogens (tertiary/aromatic N) is 3. The van der Waals surface area contributed by atoms with Gasteiger partial charge in [0.05, 0.1) is 6.04 Å². The van der Waals surface area contributed by atoms with Crippen molar-refractivity contribution in [3.05, 3.63) is 46.3 Å². The maximum absolute atomic E-state index is 13.0. The zero-order valence-electron chi connectivity index (χ0n) is 10.7. The lowest BCUT2D eigenvalue weighted by Crippen LogP contribution is -2.18. The van der Waals surface area contributed by atoms with Crippen LogP contribution in [0.25, 0.3) is 10.4 Å². The number of hydrogen-bond acceptors (Lipinski definition) is 3. The van der Waals surface area contributed by atoms with Gasteiger partial charge >= 0.3 is 5.97 Å². The van der Waals surface area contributed by atoms with Crippen molar-refractivity contribution in [2.45, 2.75) is 38.6 Å². The molecular formula is C13H16FN3O2. The molecule has 0 aliphatic heterocycles. The summed E-state index contributed by atoms with van der Waals surface area (Å²) < 4.78 is 18.1. The average molecular weight is 265 g/mol. The standard InChI is InChI=1S/C13H16FN3O2/c1-10(14)12(16-17-15)7-8-13(18)19-9-11-5-3-2-4-6-11/h2-6,10,12H,7-9H2,1H3/t10-,12?/m0/s1. The van der Waals surface area contributed by atoms with Crippen LogP contribution in [0.5, 0.6) is 0 Å². The molecule has 0 saturated carbocycles. The Labute approximate surface area is 111 Å². The van der Waals surface area contributed by atoms with Gasteiger partial charge in [0.25, 0.3) is 0 Å². The van der Waals surface area contributed by atoms with E-state index in [1.807, 2.05) is 30.3 Å². The van der Waals surface area contributed by atoms with Gasteiger partial charge < -0.3 is 4.74 Å². The predicted molar refractivity (Wildman–Crippen MR) is 69.0 cm³/mol. The summed E-state index contributed by atoms with van der Waals surface area (Å²) in [6.45, 7) is 1.49. The van der Waals surface area contributed by atoms with Gasteiger partial charge in [0.2, 0.25) is 0 Å².